The molecule has 8 heteroatoms. The van der Waals surface area contributed by atoms with Crippen molar-refractivity contribution in [3.05, 3.63) is 70.3 Å². The van der Waals surface area contributed by atoms with Crippen molar-refractivity contribution in [1.82, 2.24) is 14.6 Å². The van der Waals surface area contributed by atoms with Crippen molar-refractivity contribution in [2.75, 3.05) is 17.9 Å². The summed E-state index contributed by atoms with van der Waals surface area (Å²) in [7, 11) is 1.62. The Morgan fingerprint density at radius 3 is 2.79 bits per heavy atom. The van der Waals surface area contributed by atoms with Gasteiger partial charge in [0.1, 0.15) is 11.3 Å². The third kappa shape index (κ3) is 3.39. The highest BCUT2D eigenvalue weighted by Gasteiger charge is 2.12. The first kappa shape index (κ1) is 17.6. The normalized spacial score (nSPS) is 10.8. The Morgan fingerprint density at radius 2 is 1.96 bits per heavy atom. The van der Waals surface area contributed by atoms with Gasteiger partial charge in [-0.3, -0.25) is 5.43 Å². The number of para-hydroxylation sites is 2. The van der Waals surface area contributed by atoms with Crippen molar-refractivity contribution in [3.8, 4) is 5.75 Å². The van der Waals surface area contributed by atoms with E-state index in [0.29, 0.717) is 22.9 Å². The average Bonchev–Trinajstić information content (AvgIpc) is 2.99. The molecule has 4 aromatic rings. The van der Waals surface area contributed by atoms with Gasteiger partial charge in [-0.1, -0.05) is 12.1 Å². The van der Waals surface area contributed by atoms with E-state index in [1.165, 1.54) is 4.68 Å². The highest BCUT2D eigenvalue weighted by atomic mass is 16.5. The van der Waals surface area contributed by atoms with Crippen LogP contribution in [0.1, 0.15) is 11.1 Å². The summed E-state index contributed by atoms with van der Waals surface area (Å²) in [6.45, 7) is 3.84. The molecule has 0 amide bonds. The molecule has 0 aliphatic heterocycles. The Labute approximate surface area is 160 Å². The maximum absolute atomic E-state index is 12.2. The third-order valence-corrected chi connectivity index (χ3v) is 4.22. The molecule has 0 saturated carbocycles. The first-order chi connectivity index (χ1) is 13.5. The van der Waals surface area contributed by atoms with E-state index in [1.807, 2.05) is 44.2 Å². The highest BCUT2D eigenvalue weighted by Crippen LogP contribution is 2.23. The van der Waals surface area contributed by atoms with Crippen molar-refractivity contribution < 1.29 is 9.15 Å². The zero-order valence-corrected chi connectivity index (χ0v) is 15.7. The van der Waals surface area contributed by atoms with E-state index in [0.717, 1.165) is 22.6 Å². The lowest BCUT2D eigenvalue weighted by Gasteiger charge is -2.12. The number of aromatic nitrogens is 3. The lowest BCUT2D eigenvalue weighted by molar-refractivity contribution is 0.414. The molecule has 8 nitrogen and oxygen atoms in total. The van der Waals surface area contributed by atoms with Crippen LogP contribution in [0, 0.1) is 13.8 Å². The molecule has 2 aromatic heterocycles. The number of nitrogens with zero attached hydrogens (tertiary/aromatic N) is 3. The van der Waals surface area contributed by atoms with Crippen LogP contribution in [0.5, 0.6) is 5.75 Å². The molecule has 0 bridgehead atoms. The van der Waals surface area contributed by atoms with E-state index in [9.17, 15) is 4.79 Å². The lowest BCUT2D eigenvalue weighted by atomic mass is 10.2. The summed E-state index contributed by atoms with van der Waals surface area (Å²) >= 11 is 0. The second-order valence-electron chi connectivity index (χ2n) is 6.37. The highest BCUT2D eigenvalue weighted by molar-refractivity contribution is 5.73. The number of methoxy groups -OCH3 is 1. The van der Waals surface area contributed by atoms with E-state index in [1.54, 1.807) is 25.4 Å². The largest absolute Gasteiger partial charge is 0.497 e. The lowest BCUT2D eigenvalue weighted by Crippen LogP contribution is -2.23. The Bertz CT molecular complexity index is 1210. The Hall–Kier alpha value is -3.81. The fourth-order valence-electron chi connectivity index (χ4n) is 2.86. The van der Waals surface area contributed by atoms with Gasteiger partial charge in [0.05, 0.1) is 7.11 Å². The van der Waals surface area contributed by atoms with E-state index in [-0.39, 0.29) is 0 Å². The van der Waals surface area contributed by atoms with Gasteiger partial charge in [-0.25, -0.2) is 9.78 Å². The quantitative estimate of drug-likeness (QED) is 0.548. The second-order valence-corrected chi connectivity index (χ2v) is 6.37. The van der Waals surface area contributed by atoms with Crippen LogP contribution in [0.3, 0.4) is 0 Å². The molecule has 0 fully saturated rings. The molecule has 0 aliphatic carbocycles. The van der Waals surface area contributed by atoms with Crippen molar-refractivity contribution in [2.45, 2.75) is 13.8 Å². The first-order valence-corrected chi connectivity index (χ1v) is 8.67. The van der Waals surface area contributed by atoms with Gasteiger partial charge in [-0.2, -0.15) is 9.66 Å². The number of nitrogens with one attached hydrogen (secondary N) is 2. The molecule has 0 atom stereocenters. The van der Waals surface area contributed by atoms with Crippen LogP contribution in [0.25, 0.3) is 11.1 Å². The molecule has 142 valence electrons. The maximum Gasteiger partial charge on any atom is 0.439 e. The zero-order valence-electron chi connectivity index (χ0n) is 15.7. The molecule has 28 heavy (non-hydrogen) atoms. The molecule has 0 aliphatic rings. The summed E-state index contributed by atoms with van der Waals surface area (Å²) in [6.07, 6.45) is 1.68. The number of oxazole rings is 1. The summed E-state index contributed by atoms with van der Waals surface area (Å²) in [6, 6.07) is 12.9. The minimum Gasteiger partial charge on any atom is -0.497 e. The Kier molecular flexibility index (Phi) is 4.44. The number of aryl methyl sites for hydroxylation is 2. The number of hydrogen-bond acceptors (Lipinski definition) is 7. The van der Waals surface area contributed by atoms with Crippen LogP contribution >= 0.6 is 0 Å². The number of rotatable bonds is 5. The fraction of sp³-hybridized carbons (Fsp3) is 0.150. The van der Waals surface area contributed by atoms with E-state index in [4.69, 9.17) is 9.15 Å². The van der Waals surface area contributed by atoms with Crippen LogP contribution in [0.15, 0.2) is 57.9 Å². The number of fused-ring (bicyclic) bond motifs is 1. The SMILES string of the molecule is COc1cc(C)cc(Nc2ncc(C)c(Nn3c(=O)oc4ccccc43)n2)c1. The monoisotopic (exact) mass is 377 g/mol. The second kappa shape index (κ2) is 7.07. The van der Waals surface area contributed by atoms with Crippen molar-refractivity contribution >= 4 is 28.6 Å². The topological polar surface area (TPSA) is 94.2 Å². The minimum absolute atomic E-state index is 0.390. The van der Waals surface area contributed by atoms with Crippen LogP contribution in [0.2, 0.25) is 0 Å². The molecule has 2 heterocycles. The summed E-state index contributed by atoms with van der Waals surface area (Å²) in [5.41, 5.74) is 6.77. The van der Waals surface area contributed by atoms with Gasteiger partial charge in [-0.15, -0.1) is 0 Å². The van der Waals surface area contributed by atoms with Crippen LogP contribution < -0.4 is 21.2 Å². The molecule has 0 saturated heterocycles. The number of hydrogen-bond donors (Lipinski definition) is 2. The van der Waals surface area contributed by atoms with Crippen LogP contribution in [0.4, 0.5) is 17.5 Å². The molecule has 2 N–H and O–H groups in total. The first-order valence-electron chi connectivity index (χ1n) is 8.67. The Morgan fingerprint density at radius 1 is 1.14 bits per heavy atom. The Balaban J connectivity index is 1.67. The molecule has 4 rings (SSSR count). The zero-order chi connectivity index (χ0) is 19.7. The fourth-order valence-corrected chi connectivity index (χ4v) is 2.86. The van der Waals surface area contributed by atoms with Gasteiger partial charge < -0.3 is 14.5 Å². The summed E-state index contributed by atoms with van der Waals surface area (Å²) < 4.78 is 11.9. The van der Waals surface area contributed by atoms with Gasteiger partial charge in [0.25, 0.3) is 0 Å². The van der Waals surface area contributed by atoms with E-state index >= 15 is 0 Å². The van der Waals surface area contributed by atoms with Crippen LogP contribution in [-0.2, 0) is 0 Å². The predicted octanol–water partition coefficient (Wildman–Crippen LogP) is 3.63. The van der Waals surface area contributed by atoms with Gasteiger partial charge >= 0.3 is 5.76 Å². The number of ether oxygens (including phenoxy) is 1. The number of benzene rings is 2. The van der Waals surface area contributed by atoms with Crippen molar-refractivity contribution in [3.63, 3.8) is 0 Å². The number of anilines is 3. The molecule has 0 radical (unpaired) electrons. The van der Waals surface area contributed by atoms with E-state index in [2.05, 4.69) is 20.7 Å². The molecule has 0 spiro atoms. The average molecular weight is 377 g/mol. The van der Waals surface area contributed by atoms with Gasteiger partial charge in [0.2, 0.25) is 5.95 Å². The predicted molar refractivity (Wildman–Crippen MR) is 107 cm³/mol. The van der Waals surface area contributed by atoms with Gasteiger partial charge in [0.15, 0.2) is 11.4 Å². The smallest absolute Gasteiger partial charge is 0.439 e. The summed E-state index contributed by atoms with van der Waals surface area (Å²) in [5.74, 6) is 1.11. The van der Waals surface area contributed by atoms with Crippen molar-refractivity contribution in [2.24, 2.45) is 0 Å². The minimum atomic E-state index is -0.517. The van der Waals surface area contributed by atoms with E-state index < -0.39 is 5.76 Å². The molecular weight excluding hydrogens is 358 g/mol. The van der Waals surface area contributed by atoms with Gasteiger partial charge in [0, 0.05) is 23.5 Å². The van der Waals surface area contributed by atoms with Crippen LogP contribution in [-0.4, -0.2) is 21.8 Å². The maximum atomic E-state index is 12.2. The standard InChI is InChI=1S/C20H19N5O3/c1-12-8-14(10-15(9-12)27-3)22-19-21-11-13(2)18(23-19)24-25-16-6-4-5-7-17(16)28-20(25)26/h4-11H,1-3H3,(H2,21,22,23,24). The molecule has 0 unspecified atom stereocenters. The summed E-state index contributed by atoms with van der Waals surface area (Å²) in [4.78, 5) is 21.0. The van der Waals surface area contributed by atoms with Gasteiger partial charge in [-0.05, 0) is 43.7 Å². The summed E-state index contributed by atoms with van der Waals surface area (Å²) in [5, 5.41) is 3.17. The van der Waals surface area contributed by atoms with Crippen molar-refractivity contribution in [1.29, 1.82) is 0 Å². The molecule has 2 aromatic carbocycles. The third-order valence-electron chi connectivity index (χ3n) is 4.22. The molecular formula is C20H19N5O3.